The Balaban J connectivity index is 2.43. The Morgan fingerprint density at radius 3 is 2.81 bits per heavy atom. The van der Waals surface area contributed by atoms with Crippen LogP contribution in [0.15, 0.2) is 24.3 Å². The van der Waals surface area contributed by atoms with Crippen LogP contribution in [-0.2, 0) is 4.79 Å². The fourth-order valence-corrected chi connectivity index (χ4v) is 2.13. The van der Waals surface area contributed by atoms with Crippen LogP contribution in [0.5, 0.6) is 5.75 Å². The van der Waals surface area contributed by atoms with Gasteiger partial charge in [0.05, 0.1) is 0 Å². The molecule has 0 bridgehead atoms. The van der Waals surface area contributed by atoms with E-state index < -0.39 is 11.9 Å². The first-order valence-corrected chi connectivity index (χ1v) is 7.37. The predicted octanol–water partition coefficient (Wildman–Crippen LogP) is 2.51. The van der Waals surface area contributed by atoms with E-state index in [9.17, 15) is 9.18 Å². The van der Waals surface area contributed by atoms with Gasteiger partial charge in [-0.05, 0) is 37.8 Å². The van der Waals surface area contributed by atoms with E-state index in [4.69, 9.17) is 9.84 Å². The summed E-state index contributed by atoms with van der Waals surface area (Å²) >= 11 is 0. The average molecular weight is 297 g/mol. The van der Waals surface area contributed by atoms with Crippen molar-refractivity contribution in [1.82, 2.24) is 5.32 Å². The number of hydrogen-bond donors (Lipinski definition) is 2. The molecule has 1 amide bonds. The van der Waals surface area contributed by atoms with Crippen LogP contribution in [0.4, 0.5) is 4.39 Å². The number of ether oxygens (including phenoxy) is 1. The van der Waals surface area contributed by atoms with Crippen molar-refractivity contribution < 1.29 is 19.0 Å². The van der Waals surface area contributed by atoms with Crippen LogP contribution in [0.3, 0.4) is 0 Å². The lowest BCUT2D eigenvalue weighted by atomic mass is 10.0. The molecule has 0 spiro atoms. The quantitative estimate of drug-likeness (QED) is 0.736. The molecule has 1 aromatic rings. The first-order valence-electron chi connectivity index (χ1n) is 7.37. The second kappa shape index (κ2) is 9.34. The van der Waals surface area contributed by atoms with E-state index >= 15 is 0 Å². The first-order chi connectivity index (χ1) is 10.1. The molecule has 2 unspecified atom stereocenters. The van der Waals surface area contributed by atoms with Crippen molar-refractivity contribution >= 4 is 5.91 Å². The SMILES string of the molecule is CCCC(CCO)CNC(=O)C(C)Oc1cccc(F)c1. The minimum atomic E-state index is -0.691. The molecule has 118 valence electrons. The standard InChI is InChI=1S/C16H24FNO3/c1-3-5-13(8-9-19)11-18-16(20)12(2)21-15-7-4-6-14(17)10-15/h4,6-7,10,12-13,19H,3,5,8-9,11H2,1-2H3,(H,18,20). The average Bonchev–Trinajstić information content (AvgIpc) is 2.45. The van der Waals surface area contributed by atoms with Crippen LogP contribution in [0.1, 0.15) is 33.1 Å². The number of amides is 1. The molecule has 1 aromatic carbocycles. The normalized spacial score (nSPS) is 13.5. The summed E-state index contributed by atoms with van der Waals surface area (Å²) in [5, 5.41) is 11.8. The smallest absolute Gasteiger partial charge is 0.260 e. The Morgan fingerprint density at radius 2 is 2.19 bits per heavy atom. The van der Waals surface area contributed by atoms with Crippen molar-refractivity contribution in [2.75, 3.05) is 13.2 Å². The molecule has 2 N–H and O–H groups in total. The van der Waals surface area contributed by atoms with Gasteiger partial charge in [0.25, 0.3) is 5.91 Å². The Bertz CT molecular complexity index is 433. The van der Waals surface area contributed by atoms with Crippen LogP contribution >= 0.6 is 0 Å². The molecule has 0 saturated carbocycles. The number of carbonyl (C=O) groups is 1. The van der Waals surface area contributed by atoms with E-state index in [1.807, 2.05) is 0 Å². The van der Waals surface area contributed by atoms with Gasteiger partial charge in [0, 0.05) is 19.2 Å². The van der Waals surface area contributed by atoms with Gasteiger partial charge < -0.3 is 15.2 Å². The van der Waals surface area contributed by atoms with Gasteiger partial charge in [0.15, 0.2) is 6.10 Å². The van der Waals surface area contributed by atoms with Crippen LogP contribution < -0.4 is 10.1 Å². The third-order valence-electron chi connectivity index (χ3n) is 3.28. The fourth-order valence-electron chi connectivity index (χ4n) is 2.13. The zero-order chi connectivity index (χ0) is 15.7. The molecular weight excluding hydrogens is 273 g/mol. The molecule has 4 nitrogen and oxygen atoms in total. The lowest BCUT2D eigenvalue weighted by Gasteiger charge is -2.18. The Labute approximate surface area is 125 Å². The topological polar surface area (TPSA) is 58.6 Å². The summed E-state index contributed by atoms with van der Waals surface area (Å²) in [7, 11) is 0. The molecule has 0 fully saturated rings. The van der Waals surface area contributed by atoms with E-state index in [1.54, 1.807) is 13.0 Å². The molecule has 21 heavy (non-hydrogen) atoms. The van der Waals surface area contributed by atoms with Crippen molar-refractivity contribution in [3.8, 4) is 5.75 Å². The third-order valence-corrected chi connectivity index (χ3v) is 3.28. The van der Waals surface area contributed by atoms with Gasteiger partial charge in [-0.3, -0.25) is 4.79 Å². The summed E-state index contributed by atoms with van der Waals surface area (Å²) in [4.78, 5) is 12.0. The summed E-state index contributed by atoms with van der Waals surface area (Å²) < 4.78 is 18.4. The van der Waals surface area contributed by atoms with Crippen molar-refractivity contribution in [2.45, 2.75) is 39.2 Å². The monoisotopic (exact) mass is 297 g/mol. The van der Waals surface area contributed by atoms with Crippen molar-refractivity contribution in [3.05, 3.63) is 30.1 Å². The maximum Gasteiger partial charge on any atom is 0.260 e. The van der Waals surface area contributed by atoms with Crippen LogP contribution in [0.25, 0.3) is 0 Å². The minimum absolute atomic E-state index is 0.121. The van der Waals surface area contributed by atoms with Gasteiger partial charge in [-0.1, -0.05) is 19.4 Å². The van der Waals surface area contributed by atoms with Gasteiger partial charge in [-0.15, -0.1) is 0 Å². The molecule has 0 aliphatic carbocycles. The molecular formula is C16H24FNO3. The Kier molecular flexibility index (Phi) is 7.75. The second-order valence-corrected chi connectivity index (χ2v) is 5.13. The van der Waals surface area contributed by atoms with Gasteiger partial charge in [0.2, 0.25) is 0 Å². The largest absolute Gasteiger partial charge is 0.481 e. The molecule has 5 heteroatoms. The molecule has 0 saturated heterocycles. The number of rotatable bonds is 9. The highest BCUT2D eigenvalue weighted by Crippen LogP contribution is 2.14. The van der Waals surface area contributed by atoms with E-state index in [2.05, 4.69) is 12.2 Å². The molecule has 0 aliphatic rings. The number of halogens is 1. The minimum Gasteiger partial charge on any atom is -0.481 e. The third kappa shape index (κ3) is 6.58. The summed E-state index contributed by atoms with van der Waals surface area (Å²) in [5.41, 5.74) is 0. The maximum atomic E-state index is 13.0. The molecule has 0 aromatic heterocycles. The maximum absolute atomic E-state index is 13.0. The highest BCUT2D eigenvalue weighted by molar-refractivity contribution is 5.80. The van der Waals surface area contributed by atoms with Gasteiger partial charge in [0.1, 0.15) is 11.6 Å². The number of aliphatic hydroxyl groups excluding tert-OH is 1. The highest BCUT2D eigenvalue weighted by atomic mass is 19.1. The van der Waals surface area contributed by atoms with Crippen molar-refractivity contribution in [1.29, 1.82) is 0 Å². The van der Waals surface area contributed by atoms with Crippen LogP contribution in [-0.4, -0.2) is 30.3 Å². The number of hydrogen-bond acceptors (Lipinski definition) is 3. The summed E-state index contributed by atoms with van der Waals surface area (Å²) in [5.74, 6) is -0.0344. The fraction of sp³-hybridized carbons (Fsp3) is 0.562. The van der Waals surface area contributed by atoms with E-state index in [1.165, 1.54) is 18.2 Å². The predicted molar refractivity (Wildman–Crippen MR) is 79.6 cm³/mol. The van der Waals surface area contributed by atoms with Crippen molar-refractivity contribution in [3.63, 3.8) is 0 Å². The summed E-state index contributed by atoms with van der Waals surface area (Å²) in [6, 6.07) is 5.71. The summed E-state index contributed by atoms with van der Waals surface area (Å²) in [6.07, 6.45) is 1.95. The Morgan fingerprint density at radius 1 is 1.43 bits per heavy atom. The van der Waals surface area contributed by atoms with Crippen molar-refractivity contribution in [2.24, 2.45) is 5.92 Å². The molecule has 1 rings (SSSR count). The summed E-state index contributed by atoms with van der Waals surface area (Å²) in [6.45, 7) is 4.34. The molecule has 0 radical (unpaired) electrons. The molecule has 0 heterocycles. The van der Waals surface area contributed by atoms with Crippen LogP contribution in [0.2, 0.25) is 0 Å². The number of aliphatic hydroxyl groups is 1. The van der Waals surface area contributed by atoms with Gasteiger partial charge >= 0.3 is 0 Å². The van der Waals surface area contributed by atoms with E-state index in [0.29, 0.717) is 18.7 Å². The molecule has 0 aliphatic heterocycles. The number of carbonyl (C=O) groups excluding carboxylic acids is 1. The van der Waals surface area contributed by atoms with E-state index in [-0.39, 0.29) is 18.4 Å². The lowest BCUT2D eigenvalue weighted by molar-refractivity contribution is -0.127. The van der Waals surface area contributed by atoms with E-state index in [0.717, 1.165) is 12.8 Å². The van der Waals surface area contributed by atoms with Crippen LogP contribution in [0, 0.1) is 11.7 Å². The highest BCUT2D eigenvalue weighted by Gasteiger charge is 2.16. The molecule has 2 atom stereocenters. The number of nitrogens with one attached hydrogen (secondary N) is 1. The number of benzene rings is 1. The Hall–Kier alpha value is -1.62. The van der Waals surface area contributed by atoms with Gasteiger partial charge in [-0.25, -0.2) is 4.39 Å². The first kappa shape index (κ1) is 17.4. The second-order valence-electron chi connectivity index (χ2n) is 5.13. The lowest BCUT2D eigenvalue weighted by Crippen LogP contribution is -2.39. The zero-order valence-corrected chi connectivity index (χ0v) is 12.6. The zero-order valence-electron chi connectivity index (χ0n) is 12.6. The van der Waals surface area contributed by atoms with Gasteiger partial charge in [-0.2, -0.15) is 0 Å².